The van der Waals surface area contributed by atoms with Gasteiger partial charge in [-0.15, -0.1) is 5.10 Å². The molecular formula is C30H28BN3O2. The lowest BCUT2D eigenvalue weighted by molar-refractivity contribution is 0.00578. The van der Waals surface area contributed by atoms with E-state index in [1.165, 1.54) is 0 Å². The van der Waals surface area contributed by atoms with Crippen molar-refractivity contribution in [1.82, 2.24) is 14.6 Å². The summed E-state index contributed by atoms with van der Waals surface area (Å²) in [5.74, 6) is 0.679. The van der Waals surface area contributed by atoms with E-state index in [-0.39, 0.29) is 11.2 Å². The summed E-state index contributed by atoms with van der Waals surface area (Å²) in [6, 6.07) is 31.0. The molecule has 0 amide bonds. The van der Waals surface area contributed by atoms with Crippen molar-refractivity contribution in [2.75, 3.05) is 0 Å². The maximum atomic E-state index is 6.21. The molecule has 1 aliphatic rings. The van der Waals surface area contributed by atoms with Crippen LogP contribution in [0.2, 0.25) is 0 Å². The van der Waals surface area contributed by atoms with E-state index < -0.39 is 7.12 Å². The third-order valence-electron chi connectivity index (χ3n) is 7.32. The first-order chi connectivity index (χ1) is 17.3. The second-order valence-corrected chi connectivity index (χ2v) is 10.3. The van der Waals surface area contributed by atoms with Gasteiger partial charge in [0.15, 0.2) is 11.5 Å². The minimum atomic E-state index is -0.392. The maximum absolute atomic E-state index is 6.21. The van der Waals surface area contributed by atoms with Crippen LogP contribution in [0.5, 0.6) is 0 Å². The predicted octanol–water partition coefficient (Wildman–Crippen LogP) is 6.03. The molecule has 6 heteroatoms. The van der Waals surface area contributed by atoms with E-state index in [0.717, 1.165) is 38.9 Å². The number of nitrogens with zero attached hydrogens (tertiary/aromatic N) is 3. The molecule has 6 rings (SSSR count). The smallest absolute Gasteiger partial charge is 0.399 e. The molecule has 1 fully saturated rings. The monoisotopic (exact) mass is 473 g/mol. The van der Waals surface area contributed by atoms with Gasteiger partial charge < -0.3 is 9.31 Å². The summed E-state index contributed by atoms with van der Waals surface area (Å²) in [6.07, 6.45) is 2.05. The molecule has 0 unspecified atom stereocenters. The van der Waals surface area contributed by atoms with E-state index in [4.69, 9.17) is 19.4 Å². The molecule has 0 N–H and O–H groups in total. The second kappa shape index (κ2) is 8.44. The molecule has 0 saturated carbocycles. The van der Waals surface area contributed by atoms with E-state index in [0.29, 0.717) is 5.82 Å². The van der Waals surface area contributed by atoms with Crippen LogP contribution in [0.3, 0.4) is 0 Å². The van der Waals surface area contributed by atoms with Crippen molar-refractivity contribution in [1.29, 1.82) is 0 Å². The van der Waals surface area contributed by atoms with Crippen LogP contribution in [0, 0.1) is 0 Å². The Morgan fingerprint density at radius 3 is 1.86 bits per heavy atom. The fourth-order valence-electron chi connectivity index (χ4n) is 4.50. The van der Waals surface area contributed by atoms with Gasteiger partial charge in [-0.05, 0) is 50.4 Å². The van der Waals surface area contributed by atoms with Gasteiger partial charge in [0.1, 0.15) is 0 Å². The number of fused-ring (bicyclic) bond motifs is 1. The summed E-state index contributed by atoms with van der Waals surface area (Å²) in [4.78, 5) is 4.96. The quantitative estimate of drug-likeness (QED) is 0.299. The third kappa shape index (κ3) is 3.92. The predicted molar refractivity (Wildman–Crippen MR) is 145 cm³/mol. The van der Waals surface area contributed by atoms with Crippen LogP contribution in [0.15, 0.2) is 97.2 Å². The highest BCUT2D eigenvalue weighted by molar-refractivity contribution is 6.62. The summed E-state index contributed by atoms with van der Waals surface area (Å²) >= 11 is 0. The van der Waals surface area contributed by atoms with Crippen molar-refractivity contribution < 1.29 is 9.31 Å². The highest BCUT2D eigenvalue weighted by Crippen LogP contribution is 2.36. The van der Waals surface area contributed by atoms with Gasteiger partial charge in [0.25, 0.3) is 0 Å². The van der Waals surface area contributed by atoms with Crippen molar-refractivity contribution in [2.24, 2.45) is 0 Å². The van der Waals surface area contributed by atoms with Crippen LogP contribution in [-0.2, 0) is 9.31 Å². The number of hydrogen-bond acceptors (Lipinski definition) is 4. The van der Waals surface area contributed by atoms with Gasteiger partial charge in [-0.25, -0.2) is 9.50 Å². The minimum absolute atomic E-state index is 0.371. The molecule has 3 heterocycles. The number of benzene rings is 3. The van der Waals surface area contributed by atoms with E-state index in [1.54, 1.807) is 0 Å². The zero-order valence-electron chi connectivity index (χ0n) is 21.0. The lowest BCUT2D eigenvalue weighted by atomic mass is 9.79. The van der Waals surface area contributed by atoms with Crippen molar-refractivity contribution >= 4 is 18.2 Å². The summed E-state index contributed by atoms with van der Waals surface area (Å²) < 4.78 is 14.3. The van der Waals surface area contributed by atoms with Crippen LogP contribution >= 0.6 is 0 Å². The van der Waals surface area contributed by atoms with Crippen molar-refractivity contribution in [2.45, 2.75) is 38.9 Å². The Bertz CT molecular complexity index is 1510. The van der Waals surface area contributed by atoms with E-state index in [1.807, 2.05) is 59.2 Å². The Kier molecular flexibility index (Phi) is 5.32. The Morgan fingerprint density at radius 1 is 0.667 bits per heavy atom. The van der Waals surface area contributed by atoms with Gasteiger partial charge in [-0.1, -0.05) is 84.9 Å². The van der Waals surface area contributed by atoms with Crippen LogP contribution in [0.4, 0.5) is 0 Å². The first-order valence-electron chi connectivity index (χ1n) is 12.3. The van der Waals surface area contributed by atoms with Gasteiger partial charge in [0.2, 0.25) is 0 Å². The molecular weight excluding hydrogens is 445 g/mol. The SMILES string of the molecule is CC1(C)OB(c2ccc(-c3nc4c(-c5ccccc5)cc(-c5ccccc5)cn4n3)cc2)OC1(C)C. The molecule has 1 aliphatic heterocycles. The van der Waals surface area contributed by atoms with Gasteiger partial charge in [0, 0.05) is 22.9 Å². The van der Waals surface area contributed by atoms with Crippen LogP contribution < -0.4 is 5.46 Å². The van der Waals surface area contributed by atoms with Crippen LogP contribution in [-0.4, -0.2) is 32.9 Å². The zero-order chi connectivity index (χ0) is 24.9. The molecule has 2 aromatic heterocycles. The molecule has 0 bridgehead atoms. The first kappa shape index (κ1) is 22.7. The van der Waals surface area contributed by atoms with Crippen LogP contribution in [0.1, 0.15) is 27.7 Å². The van der Waals surface area contributed by atoms with Gasteiger partial charge in [-0.2, -0.15) is 0 Å². The standard InChI is InChI=1S/C30H28BN3O2/c1-29(2)30(3,4)36-31(35-29)25-17-15-23(16-18-25)27-32-28-26(22-13-9-6-10-14-22)19-24(20-34(28)33-27)21-11-7-5-8-12-21/h5-20H,1-4H3. The summed E-state index contributed by atoms with van der Waals surface area (Å²) in [5.41, 5.74) is 6.39. The molecule has 5 aromatic rings. The summed E-state index contributed by atoms with van der Waals surface area (Å²) in [6.45, 7) is 8.26. The minimum Gasteiger partial charge on any atom is -0.399 e. The molecule has 0 radical (unpaired) electrons. The zero-order valence-corrected chi connectivity index (χ0v) is 21.0. The highest BCUT2D eigenvalue weighted by Gasteiger charge is 2.51. The Labute approximate surface area is 211 Å². The largest absolute Gasteiger partial charge is 0.494 e. The first-order valence-corrected chi connectivity index (χ1v) is 12.3. The number of rotatable bonds is 4. The number of aromatic nitrogens is 3. The van der Waals surface area contributed by atoms with E-state index >= 15 is 0 Å². The summed E-state index contributed by atoms with van der Waals surface area (Å²) in [5, 5.41) is 4.87. The average molecular weight is 473 g/mol. The molecule has 5 nitrogen and oxygen atoms in total. The van der Waals surface area contributed by atoms with Crippen molar-refractivity contribution in [3.8, 4) is 33.6 Å². The van der Waals surface area contributed by atoms with Crippen molar-refractivity contribution in [3.63, 3.8) is 0 Å². The molecule has 0 spiro atoms. The lowest BCUT2D eigenvalue weighted by Gasteiger charge is -2.32. The third-order valence-corrected chi connectivity index (χ3v) is 7.32. The maximum Gasteiger partial charge on any atom is 0.494 e. The molecule has 36 heavy (non-hydrogen) atoms. The lowest BCUT2D eigenvalue weighted by Crippen LogP contribution is -2.41. The van der Waals surface area contributed by atoms with Crippen molar-refractivity contribution in [3.05, 3.63) is 97.2 Å². The van der Waals surface area contributed by atoms with Gasteiger partial charge in [-0.3, -0.25) is 0 Å². The van der Waals surface area contributed by atoms with Crippen LogP contribution in [0.25, 0.3) is 39.3 Å². The highest BCUT2D eigenvalue weighted by atomic mass is 16.7. The molecule has 0 atom stereocenters. The Morgan fingerprint density at radius 2 is 1.25 bits per heavy atom. The fourth-order valence-corrected chi connectivity index (χ4v) is 4.50. The Hall–Kier alpha value is -3.74. The van der Waals surface area contributed by atoms with Gasteiger partial charge in [0.05, 0.1) is 11.2 Å². The Balaban J connectivity index is 1.40. The van der Waals surface area contributed by atoms with Gasteiger partial charge >= 0.3 is 7.12 Å². The molecule has 0 aliphatic carbocycles. The fraction of sp³-hybridized carbons (Fsp3) is 0.200. The average Bonchev–Trinajstić information content (AvgIpc) is 3.42. The number of hydrogen-bond donors (Lipinski definition) is 0. The summed E-state index contributed by atoms with van der Waals surface area (Å²) in [7, 11) is -0.392. The molecule has 3 aromatic carbocycles. The second-order valence-electron chi connectivity index (χ2n) is 10.3. The molecule has 1 saturated heterocycles. The van der Waals surface area contributed by atoms with E-state index in [2.05, 4.69) is 70.2 Å². The normalized spacial score (nSPS) is 16.5. The van der Waals surface area contributed by atoms with E-state index in [9.17, 15) is 0 Å². The molecule has 178 valence electrons. The topological polar surface area (TPSA) is 48.7 Å². The number of pyridine rings is 1.